The van der Waals surface area contributed by atoms with Crippen molar-refractivity contribution in [2.45, 2.75) is 63.0 Å². The van der Waals surface area contributed by atoms with E-state index < -0.39 is 84.5 Å². The molecule has 8 nitrogen and oxygen atoms in total. The molecule has 2 amide bonds. The summed E-state index contributed by atoms with van der Waals surface area (Å²) in [6.45, 7) is -0.108. The molecule has 0 aromatic heterocycles. The van der Waals surface area contributed by atoms with Crippen molar-refractivity contribution in [3.8, 4) is 0 Å². The average Bonchev–Trinajstić information content (AvgIpc) is 2.92. The molecule has 0 spiro atoms. The molecule has 40 heavy (non-hydrogen) atoms. The molecule has 1 saturated carbocycles. The number of benzene rings is 2. The van der Waals surface area contributed by atoms with Gasteiger partial charge in [0.2, 0.25) is 18.3 Å². The van der Waals surface area contributed by atoms with Gasteiger partial charge in [0.1, 0.15) is 12.6 Å². The molecule has 4 N–H and O–H groups in total. The number of esters is 1. The number of ether oxygens (including phenoxy) is 2. The van der Waals surface area contributed by atoms with Gasteiger partial charge in [-0.3, -0.25) is 9.59 Å². The summed E-state index contributed by atoms with van der Waals surface area (Å²) in [5.74, 6) is -8.41. The number of hydrogen-bond donors (Lipinski definition) is 3. The van der Waals surface area contributed by atoms with Crippen LogP contribution >= 0.6 is 0 Å². The number of alkyl carbamates (subject to hydrolysis) is 1. The smallest absolute Gasteiger partial charge is 0.408 e. The van der Waals surface area contributed by atoms with Crippen LogP contribution in [0.15, 0.2) is 42.5 Å². The van der Waals surface area contributed by atoms with Gasteiger partial charge in [-0.1, -0.05) is 36.4 Å². The fourth-order valence-corrected chi connectivity index (χ4v) is 4.55. The van der Waals surface area contributed by atoms with Crippen LogP contribution in [0.2, 0.25) is 0 Å². The molecule has 218 valence electrons. The van der Waals surface area contributed by atoms with Gasteiger partial charge in [-0.2, -0.15) is 0 Å². The molecule has 1 fully saturated rings. The van der Waals surface area contributed by atoms with E-state index in [0.717, 1.165) is 19.2 Å². The predicted octanol–water partition coefficient (Wildman–Crippen LogP) is 5.38. The summed E-state index contributed by atoms with van der Waals surface area (Å²) in [5.41, 5.74) is 5.15. The Morgan fingerprint density at radius 1 is 1.07 bits per heavy atom. The zero-order valence-corrected chi connectivity index (χ0v) is 21.6. The lowest BCUT2D eigenvalue weighted by molar-refractivity contribution is -0.143. The molecule has 0 bridgehead atoms. The fraction of sp³-hybridized carbons (Fsp3) is 0.444. The topological polar surface area (TPSA) is 120 Å². The van der Waals surface area contributed by atoms with Crippen molar-refractivity contribution in [3.63, 3.8) is 0 Å². The van der Waals surface area contributed by atoms with E-state index >= 15 is 4.39 Å². The molecule has 2 aromatic rings. The maximum Gasteiger partial charge on any atom is 0.408 e. The highest BCUT2D eigenvalue weighted by atomic mass is 19.3. The zero-order valence-electron chi connectivity index (χ0n) is 21.6. The van der Waals surface area contributed by atoms with E-state index in [2.05, 4.69) is 15.4 Å². The molecular weight excluding hydrogens is 541 g/mol. The summed E-state index contributed by atoms with van der Waals surface area (Å²) in [6, 6.07) is 9.49. The molecule has 1 aliphatic rings. The third-order valence-electron chi connectivity index (χ3n) is 6.74. The van der Waals surface area contributed by atoms with Crippen LogP contribution in [-0.2, 0) is 25.7 Å². The van der Waals surface area contributed by atoms with Gasteiger partial charge in [-0.25, -0.2) is 26.7 Å². The quantitative estimate of drug-likeness (QED) is 0.200. The second kappa shape index (κ2) is 13.4. The lowest BCUT2D eigenvalue weighted by atomic mass is 9.81. The number of rotatable bonds is 10. The molecule has 0 radical (unpaired) electrons. The Bertz CT molecular complexity index is 1190. The van der Waals surface area contributed by atoms with Gasteiger partial charge in [0.25, 0.3) is 0 Å². The molecule has 2 aromatic carbocycles. The van der Waals surface area contributed by atoms with Crippen molar-refractivity contribution in [2.75, 3.05) is 18.2 Å². The second-order valence-corrected chi connectivity index (χ2v) is 9.50. The third-order valence-corrected chi connectivity index (χ3v) is 6.74. The highest BCUT2D eigenvalue weighted by Crippen LogP contribution is 2.38. The number of anilines is 2. The van der Waals surface area contributed by atoms with Gasteiger partial charge in [-0.05, 0) is 30.4 Å². The summed E-state index contributed by atoms with van der Waals surface area (Å²) in [5, 5.41) is 4.79. The standard InChI is InChI=1S/C27H30F5N3O5/c1-39-25(37)18(13-20(28)29)17-7-8-19(22(33)21(17)30)34-24(36)23(16-9-11-27(31,32)12-10-16)35-26(38)40-14-15-5-3-2-4-6-15/h2-8,16,18,20,23H,9-14,33H2,1H3,(H,34,36)(H,35,38). The first-order valence-electron chi connectivity index (χ1n) is 12.5. The number of alkyl halides is 4. The van der Waals surface area contributed by atoms with Crippen LogP contribution in [0.25, 0.3) is 0 Å². The van der Waals surface area contributed by atoms with Gasteiger partial charge in [0.05, 0.1) is 24.4 Å². The van der Waals surface area contributed by atoms with Crippen LogP contribution in [0, 0.1) is 11.7 Å². The van der Waals surface area contributed by atoms with Gasteiger partial charge in [0, 0.05) is 24.8 Å². The summed E-state index contributed by atoms with van der Waals surface area (Å²) in [4.78, 5) is 37.8. The zero-order chi connectivity index (χ0) is 29.4. The van der Waals surface area contributed by atoms with Crippen LogP contribution in [0.1, 0.15) is 49.1 Å². The number of hydrogen-bond acceptors (Lipinski definition) is 6. The molecule has 2 unspecified atom stereocenters. The molecule has 2 atom stereocenters. The molecule has 13 heteroatoms. The lowest BCUT2D eigenvalue weighted by Crippen LogP contribution is -2.50. The van der Waals surface area contributed by atoms with Crippen molar-refractivity contribution in [1.29, 1.82) is 0 Å². The Morgan fingerprint density at radius 2 is 1.73 bits per heavy atom. The Kier molecular flexibility index (Phi) is 10.3. The number of nitrogens with one attached hydrogen (secondary N) is 2. The first kappa shape index (κ1) is 30.6. The van der Waals surface area contributed by atoms with Gasteiger partial charge in [0.15, 0.2) is 5.82 Å². The second-order valence-electron chi connectivity index (χ2n) is 9.50. The van der Waals surface area contributed by atoms with Crippen molar-refractivity contribution < 1.29 is 45.8 Å². The van der Waals surface area contributed by atoms with Crippen molar-refractivity contribution in [3.05, 3.63) is 59.4 Å². The molecule has 0 saturated heterocycles. The number of carbonyl (C=O) groups is 3. The minimum absolute atomic E-state index is 0.0821. The van der Waals surface area contributed by atoms with Gasteiger partial charge in [-0.15, -0.1) is 0 Å². The van der Waals surface area contributed by atoms with Crippen LogP contribution in [0.5, 0.6) is 0 Å². The van der Waals surface area contributed by atoms with E-state index in [9.17, 15) is 31.9 Å². The number of amides is 2. The van der Waals surface area contributed by atoms with E-state index in [1.165, 1.54) is 0 Å². The maximum absolute atomic E-state index is 15.1. The van der Waals surface area contributed by atoms with Crippen molar-refractivity contribution in [2.24, 2.45) is 5.92 Å². The highest BCUT2D eigenvalue weighted by molar-refractivity contribution is 5.99. The van der Waals surface area contributed by atoms with Crippen LogP contribution in [0.4, 0.5) is 38.1 Å². The summed E-state index contributed by atoms with van der Waals surface area (Å²) in [6.07, 6.45) is -6.08. The van der Waals surface area contributed by atoms with Crippen LogP contribution < -0.4 is 16.4 Å². The van der Waals surface area contributed by atoms with Crippen LogP contribution in [0.3, 0.4) is 0 Å². The Hall–Kier alpha value is -3.90. The van der Waals surface area contributed by atoms with Crippen molar-refractivity contribution >= 4 is 29.3 Å². The minimum Gasteiger partial charge on any atom is -0.469 e. The van der Waals surface area contributed by atoms with E-state index in [-0.39, 0.29) is 25.1 Å². The van der Waals surface area contributed by atoms with E-state index in [1.54, 1.807) is 30.3 Å². The van der Waals surface area contributed by atoms with Crippen LogP contribution in [-0.4, -0.2) is 43.5 Å². The third kappa shape index (κ3) is 8.06. The Labute approximate surface area is 227 Å². The monoisotopic (exact) mass is 571 g/mol. The number of nitrogens with two attached hydrogens (primary N) is 1. The molecular formula is C27H30F5N3O5. The van der Waals surface area contributed by atoms with E-state index in [4.69, 9.17) is 10.5 Å². The fourth-order valence-electron chi connectivity index (χ4n) is 4.55. The maximum atomic E-state index is 15.1. The highest BCUT2D eigenvalue weighted by Gasteiger charge is 2.41. The van der Waals surface area contributed by atoms with Gasteiger partial charge >= 0.3 is 12.1 Å². The van der Waals surface area contributed by atoms with E-state index in [0.29, 0.717) is 5.56 Å². The van der Waals surface area contributed by atoms with Crippen molar-refractivity contribution in [1.82, 2.24) is 5.32 Å². The largest absolute Gasteiger partial charge is 0.469 e. The SMILES string of the molecule is COC(=O)C(CC(F)F)c1ccc(NC(=O)C(NC(=O)OCc2ccccc2)C2CCC(F)(F)CC2)c(N)c1F. The van der Waals surface area contributed by atoms with E-state index in [1.807, 2.05) is 0 Å². The number of methoxy groups -OCH3 is 1. The first-order valence-corrected chi connectivity index (χ1v) is 12.5. The van der Waals surface area contributed by atoms with Gasteiger partial charge < -0.3 is 25.8 Å². The number of carbonyl (C=O) groups excluding carboxylic acids is 3. The predicted molar refractivity (Wildman–Crippen MR) is 135 cm³/mol. The minimum atomic E-state index is -2.94. The molecule has 0 heterocycles. The lowest BCUT2D eigenvalue weighted by Gasteiger charge is -2.33. The summed E-state index contributed by atoms with van der Waals surface area (Å²) in [7, 11) is 0.968. The summed E-state index contributed by atoms with van der Waals surface area (Å²) >= 11 is 0. The average molecular weight is 572 g/mol. The Morgan fingerprint density at radius 3 is 2.33 bits per heavy atom. The summed E-state index contributed by atoms with van der Waals surface area (Å²) < 4.78 is 78.4. The normalized spacial score (nSPS) is 16.6. The number of halogens is 5. The first-order chi connectivity index (χ1) is 18.9. The molecule has 3 rings (SSSR count). The molecule has 1 aliphatic carbocycles. The number of nitrogen functional groups attached to an aromatic ring is 1. The molecule has 0 aliphatic heterocycles. The Balaban J connectivity index is 1.79.